The number of hydrogen-bond acceptors (Lipinski definition) is 5. The molecule has 4 aromatic rings. The number of nitrogens with one attached hydrogen (secondary N) is 2. The van der Waals surface area contributed by atoms with Crippen molar-refractivity contribution in [2.45, 2.75) is 4.90 Å². The van der Waals surface area contributed by atoms with Crippen LogP contribution in [0.4, 0.5) is 11.4 Å². The molecule has 8 nitrogen and oxygen atoms in total. The third-order valence-corrected chi connectivity index (χ3v) is 6.06. The van der Waals surface area contributed by atoms with Crippen LogP contribution in [-0.4, -0.2) is 29.1 Å². The maximum absolute atomic E-state index is 12.6. The van der Waals surface area contributed by atoms with Gasteiger partial charge in [0, 0.05) is 11.3 Å². The Hall–Kier alpha value is -3.69. The zero-order chi connectivity index (χ0) is 21.8. The second-order valence-corrected chi connectivity index (χ2v) is 8.54. The van der Waals surface area contributed by atoms with Crippen molar-refractivity contribution in [1.82, 2.24) is 14.8 Å². The van der Waals surface area contributed by atoms with Crippen molar-refractivity contribution >= 4 is 38.9 Å². The van der Waals surface area contributed by atoms with E-state index in [1.807, 2.05) is 0 Å². The Morgan fingerprint density at radius 3 is 2.29 bits per heavy atom. The van der Waals surface area contributed by atoms with Crippen LogP contribution in [0.25, 0.3) is 5.69 Å². The molecule has 1 aromatic heterocycles. The average molecular weight is 454 g/mol. The summed E-state index contributed by atoms with van der Waals surface area (Å²) in [6.45, 7) is 0. The number of hydrogen-bond donors (Lipinski definition) is 2. The van der Waals surface area contributed by atoms with E-state index in [-0.39, 0.29) is 21.5 Å². The minimum absolute atomic E-state index is 0.0150. The zero-order valence-corrected chi connectivity index (χ0v) is 17.5. The number of aromatic nitrogens is 3. The second kappa shape index (κ2) is 8.58. The van der Waals surface area contributed by atoms with E-state index in [1.165, 1.54) is 30.6 Å². The highest BCUT2D eigenvalue weighted by atomic mass is 35.5. The van der Waals surface area contributed by atoms with Gasteiger partial charge in [0.15, 0.2) is 0 Å². The quantitative estimate of drug-likeness (QED) is 0.459. The van der Waals surface area contributed by atoms with E-state index in [0.717, 1.165) is 5.69 Å². The predicted octanol–water partition coefficient (Wildman–Crippen LogP) is 3.97. The maximum atomic E-state index is 12.6. The first-order valence-electron chi connectivity index (χ1n) is 9.06. The summed E-state index contributed by atoms with van der Waals surface area (Å²) in [5.41, 5.74) is 1.99. The Kier molecular flexibility index (Phi) is 5.70. The maximum Gasteiger partial charge on any atom is 0.261 e. The van der Waals surface area contributed by atoms with Crippen LogP contribution in [0.15, 0.2) is 90.3 Å². The molecule has 0 bridgehead atoms. The number of anilines is 2. The Labute approximate surface area is 183 Å². The molecule has 0 saturated heterocycles. The Morgan fingerprint density at radius 1 is 0.935 bits per heavy atom. The average Bonchev–Trinajstić information content (AvgIpc) is 3.31. The summed E-state index contributed by atoms with van der Waals surface area (Å²) in [7, 11) is -3.84. The van der Waals surface area contributed by atoms with Crippen LogP contribution in [0.5, 0.6) is 0 Å². The van der Waals surface area contributed by atoms with Crippen molar-refractivity contribution in [3.63, 3.8) is 0 Å². The monoisotopic (exact) mass is 453 g/mol. The van der Waals surface area contributed by atoms with Crippen LogP contribution in [0, 0.1) is 0 Å². The van der Waals surface area contributed by atoms with Gasteiger partial charge < -0.3 is 5.32 Å². The van der Waals surface area contributed by atoms with Crippen LogP contribution in [0.2, 0.25) is 5.02 Å². The number of sulfonamides is 1. The van der Waals surface area contributed by atoms with Crippen LogP contribution in [0.1, 0.15) is 10.4 Å². The molecule has 0 atom stereocenters. The van der Waals surface area contributed by atoms with Crippen LogP contribution in [-0.2, 0) is 10.0 Å². The minimum Gasteiger partial charge on any atom is -0.322 e. The molecule has 10 heteroatoms. The van der Waals surface area contributed by atoms with Crippen molar-refractivity contribution in [2.24, 2.45) is 0 Å². The van der Waals surface area contributed by atoms with E-state index in [9.17, 15) is 13.2 Å². The molecule has 0 radical (unpaired) electrons. The van der Waals surface area contributed by atoms with E-state index in [0.29, 0.717) is 11.3 Å². The summed E-state index contributed by atoms with van der Waals surface area (Å²) in [6, 6.07) is 19.2. The van der Waals surface area contributed by atoms with Crippen molar-refractivity contribution in [3.05, 3.63) is 96.0 Å². The zero-order valence-electron chi connectivity index (χ0n) is 15.9. The molecule has 1 heterocycles. The molecule has 31 heavy (non-hydrogen) atoms. The number of benzene rings is 3. The summed E-state index contributed by atoms with van der Waals surface area (Å²) in [6.07, 6.45) is 3.01. The third kappa shape index (κ3) is 4.73. The fourth-order valence-electron chi connectivity index (χ4n) is 2.78. The van der Waals surface area contributed by atoms with Crippen LogP contribution >= 0.6 is 11.6 Å². The summed E-state index contributed by atoms with van der Waals surface area (Å²) in [5.74, 6) is -0.364. The highest BCUT2D eigenvalue weighted by Gasteiger charge is 2.16. The van der Waals surface area contributed by atoms with Crippen molar-refractivity contribution < 1.29 is 13.2 Å². The first-order chi connectivity index (χ1) is 14.9. The van der Waals surface area contributed by atoms with Gasteiger partial charge in [-0.15, -0.1) is 0 Å². The van der Waals surface area contributed by atoms with Crippen molar-refractivity contribution in [2.75, 3.05) is 10.0 Å². The predicted molar refractivity (Wildman–Crippen MR) is 118 cm³/mol. The lowest BCUT2D eigenvalue weighted by Gasteiger charge is -2.10. The van der Waals surface area contributed by atoms with E-state index in [1.54, 1.807) is 59.5 Å². The second-order valence-electron chi connectivity index (χ2n) is 6.45. The number of para-hydroxylation sites is 1. The Balaban J connectivity index is 1.45. The van der Waals surface area contributed by atoms with E-state index >= 15 is 0 Å². The lowest BCUT2D eigenvalue weighted by atomic mass is 10.2. The number of carbonyl (C=O) groups is 1. The molecule has 0 unspecified atom stereocenters. The molecule has 156 valence electrons. The highest BCUT2D eigenvalue weighted by molar-refractivity contribution is 7.92. The molecular weight excluding hydrogens is 438 g/mol. The SMILES string of the molecule is O=C(Nc1ccc(-n2cncn2)cc1)c1ccc(S(=O)(=O)Nc2ccccc2Cl)cc1. The van der Waals surface area contributed by atoms with Gasteiger partial charge in [0.2, 0.25) is 0 Å². The third-order valence-electron chi connectivity index (χ3n) is 4.35. The van der Waals surface area contributed by atoms with E-state index in [4.69, 9.17) is 11.6 Å². The number of amides is 1. The number of nitrogens with zero attached hydrogens (tertiary/aromatic N) is 3. The molecule has 0 spiro atoms. The lowest BCUT2D eigenvalue weighted by Crippen LogP contribution is -2.15. The number of rotatable bonds is 6. The minimum atomic E-state index is -3.84. The Bertz CT molecular complexity index is 1310. The summed E-state index contributed by atoms with van der Waals surface area (Å²) in [5, 5.41) is 7.10. The molecule has 1 amide bonds. The van der Waals surface area contributed by atoms with Crippen molar-refractivity contribution in [3.8, 4) is 5.69 Å². The van der Waals surface area contributed by atoms with Gasteiger partial charge in [-0.25, -0.2) is 18.1 Å². The van der Waals surface area contributed by atoms with Gasteiger partial charge in [0.1, 0.15) is 12.7 Å². The molecule has 0 fully saturated rings. The van der Waals surface area contributed by atoms with Crippen LogP contribution in [0.3, 0.4) is 0 Å². The summed E-state index contributed by atoms with van der Waals surface area (Å²) < 4.78 is 29.2. The molecule has 3 aromatic carbocycles. The number of carbonyl (C=O) groups excluding carboxylic acids is 1. The Morgan fingerprint density at radius 2 is 1.65 bits per heavy atom. The molecule has 0 aliphatic carbocycles. The molecule has 4 rings (SSSR count). The molecule has 2 N–H and O–H groups in total. The van der Waals surface area contributed by atoms with Gasteiger partial charge in [-0.2, -0.15) is 5.10 Å². The van der Waals surface area contributed by atoms with Gasteiger partial charge in [-0.1, -0.05) is 23.7 Å². The molecule has 0 saturated carbocycles. The van der Waals surface area contributed by atoms with Gasteiger partial charge in [0.25, 0.3) is 15.9 Å². The van der Waals surface area contributed by atoms with Crippen LogP contribution < -0.4 is 10.0 Å². The van der Waals surface area contributed by atoms with Gasteiger partial charge in [-0.3, -0.25) is 9.52 Å². The van der Waals surface area contributed by atoms with Gasteiger partial charge in [-0.05, 0) is 60.7 Å². The van der Waals surface area contributed by atoms with Gasteiger partial charge in [0.05, 0.1) is 21.3 Å². The van der Waals surface area contributed by atoms with E-state index in [2.05, 4.69) is 20.1 Å². The molecule has 0 aliphatic heterocycles. The smallest absolute Gasteiger partial charge is 0.261 e. The van der Waals surface area contributed by atoms with Crippen molar-refractivity contribution in [1.29, 1.82) is 0 Å². The largest absolute Gasteiger partial charge is 0.322 e. The van der Waals surface area contributed by atoms with Gasteiger partial charge >= 0.3 is 0 Å². The molecular formula is C21H16ClN5O3S. The topological polar surface area (TPSA) is 106 Å². The normalized spacial score (nSPS) is 11.1. The first kappa shape index (κ1) is 20.6. The van der Waals surface area contributed by atoms with E-state index < -0.39 is 10.0 Å². The highest BCUT2D eigenvalue weighted by Crippen LogP contribution is 2.24. The first-order valence-corrected chi connectivity index (χ1v) is 10.9. The fraction of sp³-hybridized carbons (Fsp3) is 0. The number of halogens is 1. The standard InChI is InChI=1S/C21H16ClN5O3S/c22-19-3-1-2-4-20(19)26-31(29,30)18-11-5-15(6-12-18)21(28)25-16-7-9-17(10-8-16)27-14-23-13-24-27/h1-14,26H,(H,25,28). The summed E-state index contributed by atoms with van der Waals surface area (Å²) in [4.78, 5) is 16.4. The summed E-state index contributed by atoms with van der Waals surface area (Å²) >= 11 is 6.01. The molecule has 0 aliphatic rings. The lowest BCUT2D eigenvalue weighted by molar-refractivity contribution is 0.102. The fourth-order valence-corrected chi connectivity index (χ4v) is 4.09.